The summed E-state index contributed by atoms with van der Waals surface area (Å²) in [5, 5.41) is 11.7. The quantitative estimate of drug-likeness (QED) is 0.893. The Morgan fingerprint density at radius 3 is 2.48 bits per heavy atom. The second-order valence-corrected chi connectivity index (χ2v) is 6.14. The number of aliphatic carboxylic acids is 1. The largest absolute Gasteiger partial charge is 0.479 e. The fourth-order valence-electron chi connectivity index (χ4n) is 2.29. The van der Waals surface area contributed by atoms with Crippen molar-refractivity contribution in [3.63, 3.8) is 0 Å². The number of rotatable bonds is 4. The Kier molecular flexibility index (Phi) is 4.51. The second kappa shape index (κ2) is 6.01. The van der Waals surface area contributed by atoms with Gasteiger partial charge in [-0.2, -0.15) is 11.8 Å². The number of hydrogen-bond acceptors (Lipinski definition) is 3. The molecule has 1 aromatic carbocycles. The smallest absolute Gasteiger partial charge is 0.330 e. The molecular weight excluding hydrogens is 300 g/mol. The van der Waals surface area contributed by atoms with Crippen LogP contribution in [-0.2, 0) is 9.59 Å². The van der Waals surface area contributed by atoms with Crippen molar-refractivity contribution in [3.8, 4) is 0 Å². The van der Waals surface area contributed by atoms with E-state index in [0.29, 0.717) is 12.2 Å². The van der Waals surface area contributed by atoms with Gasteiger partial charge in [0.25, 0.3) is 0 Å². The number of carbonyl (C=O) groups excluding carboxylic acids is 1. The molecule has 2 rings (SSSR count). The molecule has 0 aromatic heterocycles. The standard InChI is InChI=1S/C14H15F2NO3S/c1-8(11-9(15)3-2-4-10(11)16)12(18)17-14(13(19)20)5-6-21-7-14/h2-4,8H,5-7H2,1H3,(H,17,18)(H,19,20). The van der Waals surface area contributed by atoms with Crippen LogP contribution >= 0.6 is 11.8 Å². The number of thioether (sulfide) groups is 1. The highest BCUT2D eigenvalue weighted by atomic mass is 32.2. The van der Waals surface area contributed by atoms with E-state index in [1.807, 2.05) is 0 Å². The molecule has 114 valence electrons. The van der Waals surface area contributed by atoms with Crippen LogP contribution < -0.4 is 5.32 Å². The molecule has 4 nitrogen and oxygen atoms in total. The van der Waals surface area contributed by atoms with Crippen LogP contribution in [0.3, 0.4) is 0 Å². The van der Waals surface area contributed by atoms with Gasteiger partial charge in [-0.05, 0) is 31.2 Å². The van der Waals surface area contributed by atoms with Crippen molar-refractivity contribution in [3.05, 3.63) is 35.4 Å². The fourth-order valence-corrected chi connectivity index (χ4v) is 3.61. The first-order chi connectivity index (χ1) is 9.87. The summed E-state index contributed by atoms with van der Waals surface area (Å²) in [5.41, 5.74) is -1.70. The summed E-state index contributed by atoms with van der Waals surface area (Å²) in [6, 6.07) is 3.35. The molecule has 7 heteroatoms. The molecule has 0 aliphatic carbocycles. The first-order valence-corrected chi connectivity index (χ1v) is 7.60. The molecule has 0 saturated carbocycles. The Bertz CT molecular complexity index is 553. The summed E-state index contributed by atoms with van der Waals surface area (Å²) in [6.07, 6.45) is 0.297. The summed E-state index contributed by atoms with van der Waals surface area (Å²) in [5.74, 6) is -3.68. The normalized spacial score (nSPS) is 22.8. The van der Waals surface area contributed by atoms with Crippen molar-refractivity contribution in [2.75, 3.05) is 11.5 Å². The molecule has 2 unspecified atom stereocenters. The minimum Gasteiger partial charge on any atom is -0.479 e. The van der Waals surface area contributed by atoms with Crippen molar-refractivity contribution >= 4 is 23.6 Å². The van der Waals surface area contributed by atoms with Crippen LogP contribution in [0.25, 0.3) is 0 Å². The van der Waals surface area contributed by atoms with E-state index in [1.165, 1.54) is 24.8 Å². The fraction of sp³-hybridized carbons (Fsp3) is 0.429. The summed E-state index contributed by atoms with van der Waals surface area (Å²) < 4.78 is 27.4. The monoisotopic (exact) mass is 315 g/mol. The van der Waals surface area contributed by atoms with Crippen LogP contribution in [0, 0.1) is 11.6 Å². The first kappa shape index (κ1) is 15.8. The third-order valence-corrected chi connectivity index (χ3v) is 4.81. The van der Waals surface area contributed by atoms with Gasteiger partial charge < -0.3 is 10.4 Å². The zero-order valence-corrected chi connectivity index (χ0v) is 12.2. The van der Waals surface area contributed by atoms with Gasteiger partial charge >= 0.3 is 5.97 Å². The number of carboxylic acids is 1. The maximum absolute atomic E-state index is 13.7. The van der Waals surface area contributed by atoms with Crippen molar-refractivity contribution in [1.82, 2.24) is 5.32 Å². The van der Waals surface area contributed by atoms with Gasteiger partial charge in [0.15, 0.2) is 0 Å². The highest BCUT2D eigenvalue weighted by Gasteiger charge is 2.44. The van der Waals surface area contributed by atoms with E-state index < -0.39 is 35.0 Å². The molecule has 1 aromatic rings. The average Bonchev–Trinajstić information content (AvgIpc) is 2.88. The van der Waals surface area contributed by atoms with Gasteiger partial charge in [-0.25, -0.2) is 13.6 Å². The maximum atomic E-state index is 13.7. The van der Waals surface area contributed by atoms with Crippen molar-refractivity contribution in [1.29, 1.82) is 0 Å². The summed E-state index contributed by atoms with van der Waals surface area (Å²) in [4.78, 5) is 23.6. The molecule has 1 fully saturated rings. The molecule has 2 atom stereocenters. The maximum Gasteiger partial charge on any atom is 0.330 e. The Morgan fingerprint density at radius 2 is 2.00 bits per heavy atom. The third kappa shape index (κ3) is 3.02. The minimum atomic E-state index is -1.35. The van der Waals surface area contributed by atoms with Gasteiger partial charge in [-0.15, -0.1) is 0 Å². The van der Waals surface area contributed by atoms with Crippen LogP contribution in [-0.4, -0.2) is 34.0 Å². The molecule has 1 aliphatic heterocycles. The average molecular weight is 315 g/mol. The molecule has 1 saturated heterocycles. The number of carboxylic acid groups (broad SMARTS) is 1. The molecule has 1 amide bonds. The summed E-state index contributed by atoms with van der Waals surface area (Å²) >= 11 is 1.42. The van der Waals surface area contributed by atoms with Gasteiger partial charge in [0.1, 0.15) is 17.2 Å². The second-order valence-electron chi connectivity index (χ2n) is 5.04. The Balaban J connectivity index is 2.22. The lowest BCUT2D eigenvalue weighted by Gasteiger charge is -2.26. The highest BCUT2D eigenvalue weighted by molar-refractivity contribution is 7.99. The van der Waals surface area contributed by atoms with E-state index in [0.717, 1.165) is 12.1 Å². The molecule has 1 heterocycles. The van der Waals surface area contributed by atoms with Gasteiger partial charge in [0.05, 0.1) is 5.92 Å². The lowest BCUT2D eigenvalue weighted by Crippen LogP contribution is -2.55. The SMILES string of the molecule is CC(C(=O)NC1(C(=O)O)CCSC1)c1c(F)cccc1F. The third-order valence-electron chi connectivity index (χ3n) is 3.62. The lowest BCUT2D eigenvalue weighted by molar-refractivity contribution is -0.146. The summed E-state index contributed by atoms with van der Waals surface area (Å²) in [7, 11) is 0. The number of benzene rings is 1. The van der Waals surface area contributed by atoms with Crippen LogP contribution in [0.4, 0.5) is 8.78 Å². The molecule has 2 N–H and O–H groups in total. The van der Waals surface area contributed by atoms with E-state index in [2.05, 4.69) is 5.32 Å². The Morgan fingerprint density at radius 1 is 1.38 bits per heavy atom. The van der Waals surface area contributed by atoms with Crippen LogP contribution in [0.1, 0.15) is 24.8 Å². The minimum absolute atomic E-state index is 0.251. The number of halogens is 2. The van der Waals surface area contributed by atoms with Crippen LogP contribution in [0.15, 0.2) is 18.2 Å². The van der Waals surface area contributed by atoms with E-state index in [-0.39, 0.29) is 11.3 Å². The predicted molar refractivity (Wildman–Crippen MR) is 75.2 cm³/mol. The van der Waals surface area contributed by atoms with Crippen molar-refractivity contribution < 1.29 is 23.5 Å². The Hall–Kier alpha value is -1.63. The molecule has 21 heavy (non-hydrogen) atoms. The highest BCUT2D eigenvalue weighted by Crippen LogP contribution is 2.30. The van der Waals surface area contributed by atoms with Crippen LogP contribution in [0.2, 0.25) is 0 Å². The zero-order valence-electron chi connectivity index (χ0n) is 11.4. The van der Waals surface area contributed by atoms with Gasteiger partial charge in [-0.3, -0.25) is 4.79 Å². The van der Waals surface area contributed by atoms with Crippen molar-refractivity contribution in [2.45, 2.75) is 24.8 Å². The molecular formula is C14H15F2NO3S. The molecule has 1 aliphatic rings. The van der Waals surface area contributed by atoms with E-state index in [9.17, 15) is 23.5 Å². The number of nitrogens with one attached hydrogen (secondary N) is 1. The van der Waals surface area contributed by atoms with Gasteiger partial charge in [0.2, 0.25) is 5.91 Å². The van der Waals surface area contributed by atoms with Gasteiger partial charge in [0, 0.05) is 11.3 Å². The van der Waals surface area contributed by atoms with E-state index >= 15 is 0 Å². The van der Waals surface area contributed by atoms with Gasteiger partial charge in [-0.1, -0.05) is 6.07 Å². The number of hydrogen-bond donors (Lipinski definition) is 2. The predicted octanol–water partition coefficient (Wildman–Crippen LogP) is 2.14. The molecule has 0 radical (unpaired) electrons. The molecule has 0 bridgehead atoms. The number of amides is 1. The Labute approximate surface area is 124 Å². The van der Waals surface area contributed by atoms with Crippen molar-refractivity contribution in [2.24, 2.45) is 0 Å². The zero-order chi connectivity index (χ0) is 15.6. The van der Waals surface area contributed by atoms with E-state index in [4.69, 9.17) is 0 Å². The molecule has 0 spiro atoms. The number of carbonyl (C=O) groups is 2. The topological polar surface area (TPSA) is 66.4 Å². The van der Waals surface area contributed by atoms with Crippen LogP contribution in [0.5, 0.6) is 0 Å². The van der Waals surface area contributed by atoms with E-state index in [1.54, 1.807) is 0 Å². The first-order valence-electron chi connectivity index (χ1n) is 6.44. The summed E-state index contributed by atoms with van der Waals surface area (Å²) in [6.45, 7) is 1.36. The lowest BCUT2D eigenvalue weighted by atomic mass is 9.94.